The van der Waals surface area contributed by atoms with Crippen LogP contribution in [0.3, 0.4) is 0 Å². The molecule has 7 heteroatoms. The number of hydrogen-bond donors (Lipinski definition) is 3. The van der Waals surface area contributed by atoms with Crippen molar-refractivity contribution in [3.8, 4) is 0 Å². The molecular weight excluding hydrogens is 224 g/mol. The first-order valence-electron chi connectivity index (χ1n) is 5.58. The number of hydrogen-bond acceptors (Lipinski definition) is 3. The normalized spacial score (nSPS) is 23.8. The minimum Gasteiger partial charge on any atom is -0.352 e. The van der Waals surface area contributed by atoms with Crippen LogP contribution in [0.2, 0.25) is 0 Å². The second kappa shape index (κ2) is 5.03. The van der Waals surface area contributed by atoms with Gasteiger partial charge in [0, 0.05) is 13.1 Å². The molecular formula is C10H18N4O3. The van der Waals surface area contributed by atoms with Crippen molar-refractivity contribution in [2.24, 2.45) is 5.73 Å². The molecule has 0 aromatic rings. The number of carbonyl (C=O) groups excluding carboxylic acids is 3. The standard InChI is InChI=1S/C10H18N4O3/c1-3-10(2)7(15)14(9(17)13-10)6-4-5-12-8(11)16/h3-6H2,1-2H3,(H,13,17)(H3,11,12,16)/t10-/m0/s1. The molecule has 1 aliphatic rings. The van der Waals surface area contributed by atoms with Gasteiger partial charge in [-0.1, -0.05) is 6.92 Å². The van der Waals surface area contributed by atoms with Crippen LogP contribution in [0.4, 0.5) is 9.59 Å². The van der Waals surface area contributed by atoms with Gasteiger partial charge in [0.2, 0.25) is 0 Å². The van der Waals surface area contributed by atoms with E-state index in [1.807, 2.05) is 6.92 Å². The van der Waals surface area contributed by atoms with Crippen LogP contribution in [0.5, 0.6) is 0 Å². The highest BCUT2D eigenvalue weighted by Crippen LogP contribution is 2.20. The monoisotopic (exact) mass is 242 g/mol. The van der Waals surface area contributed by atoms with E-state index in [-0.39, 0.29) is 18.5 Å². The summed E-state index contributed by atoms with van der Waals surface area (Å²) in [7, 11) is 0. The van der Waals surface area contributed by atoms with E-state index in [2.05, 4.69) is 10.6 Å². The smallest absolute Gasteiger partial charge is 0.325 e. The minimum atomic E-state index is -0.797. The van der Waals surface area contributed by atoms with Gasteiger partial charge >= 0.3 is 12.1 Å². The maximum absolute atomic E-state index is 11.9. The summed E-state index contributed by atoms with van der Waals surface area (Å²) in [6.45, 7) is 4.17. The quantitative estimate of drug-likeness (QED) is 0.458. The van der Waals surface area contributed by atoms with Gasteiger partial charge in [0.25, 0.3) is 5.91 Å². The van der Waals surface area contributed by atoms with Crippen molar-refractivity contribution in [1.29, 1.82) is 0 Å². The first-order chi connectivity index (χ1) is 7.90. The Morgan fingerprint density at radius 2 is 2.18 bits per heavy atom. The maximum atomic E-state index is 11.9. The Balaban J connectivity index is 2.47. The van der Waals surface area contributed by atoms with Crippen LogP contribution in [0.25, 0.3) is 0 Å². The fourth-order valence-electron chi connectivity index (χ4n) is 1.64. The van der Waals surface area contributed by atoms with E-state index in [1.54, 1.807) is 6.92 Å². The molecule has 0 spiro atoms. The summed E-state index contributed by atoms with van der Waals surface area (Å²) in [4.78, 5) is 35.1. The number of urea groups is 2. The van der Waals surface area contributed by atoms with Gasteiger partial charge in [0.05, 0.1) is 0 Å². The van der Waals surface area contributed by atoms with Gasteiger partial charge in [0.1, 0.15) is 5.54 Å². The number of amides is 5. The Labute approximate surface area is 99.7 Å². The fourth-order valence-corrected chi connectivity index (χ4v) is 1.64. The van der Waals surface area contributed by atoms with Gasteiger partial charge < -0.3 is 16.4 Å². The Bertz CT molecular complexity index is 344. The van der Waals surface area contributed by atoms with E-state index in [9.17, 15) is 14.4 Å². The van der Waals surface area contributed by atoms with Crippen molar-refractivity contribution >= 4 is 18.0 Å². The number of nitrogens with zero attached hydrogens (tertiary/aromatic N) is 1. The van der Waals surface area contributed by atoms with E-state index < -0.39 is 11.6 Å². The van der Waals surface area contributed by atoms with Crippen molar-refractivity contribution in [3.05, 3.63) is 0 Å². The number of nitrogens with two attached hydrogens (primary N) is 1. The highest BCUT2D eigenvalue weighted by atomic mass is 16.2. The summed E-state index contributed by atoms with van der Waals surface area (Å²) in [5.41, 5.74) is 4.10. The first kappa shape index (κ1) is 13.3. The zero-order valence-corrected chi connectivity index (χ0v) is 10.1. The van der Waals surface area contributed by atoms with Crippen molar-refractivity contribution in [3.63, 3.8) is 0 Å². The highest BCUT2D eigenvalue weighted by molar-refractivity contribution is 6.06. The molecule has 0 aliphatic carbocycles. The first-order valence-corrected chi connectivity index (χ1v) is 5.58. The third-order valence-electron chi connectivity index (χ3n) is 2.91. The summed E-state index contributed by atoms with van der Waals surface area (Å²) < 4.78 is 0. The Morgan fingerprint density at radius 3 is 2.65 bits per heavy atom. The van der Waals surface area contributed by atoms with E-state index in [0.29, 0.717) is 19.4 Å². The largest absolute Gasteiger partial charge is 0.352 e. The number of primary amides is 1. The highest BCUT2D eigenvalue weighted by Gasteiger charge is 2.45. The Hall–Kier alpha value is -1.79. The van der Waals surface area contributed by atoms with Crippen molar-refractivity contribution in [2.75, 3.05) is 13.1 Å². The van der Waals surface area contributed by atoms with Crippen LogP contribution < -0.4 is 16.4 Å². The molecule has 0 bridgehead atoms. The van der Waals surface area contributed by atoms with E-state index in [1.165, 1.54) is 4.90 Å². The van der Waals surface area contributed by atoms with Crippen molar-refractivity contribution < 1.29 is 14.4 Å². The molecule has 0 radical (unpaired) electrons. The molecule has 1 rings (SSSR count). The lowest BCUT2D eigenvalue weighted by atomic mass is 9.99. The summed E-state index contributed by atoms with van der Waals surface area (Å²) in [6, 6.07) is -0.987. The molecule has 1 heterocycles. The summed E-state index contributed by atoms with van der Waals surface area (Å²) in [5.74, 6) is -0.218. The number of nitrogens with one attached hydrogen (secondary N) is 2. The molecule has 17 heavy (non-hydrogen) atoms. The van der Waals surface area contributed by atoms with Gasteiger partial charge in [0.15, 0.2) is 0 Å². The van der Waals surface area contributed by atoms with Gasteiger partial charge in [-0.3, -0.25) is 9.69 Å². The third kappa shape index (κ3) is 2.86. The van der Waals surface area contributed by atoms with Gasteiger partial charge in [-0.05, 0) is 19.8 Å². The molecule has 0 aromatic carbocycles. The minimum absolute atomic E-state index is 0.218. The molecule has 1 fully saturated rings. The molecule has 4 N–H and O–H groups in total. The lowest BCUT2D eigenvalue weighted by Gasteiger charge is -2.19. The topological polar surface area (TPSA) is 105 Å². The van der Waals surface area contributed by atoms with Gasteiger partial charge in [-0.2, -0.15) is 0 Å². The molecule has 0 aromatic heterocycles. The number of imide groups is 1. The zero-order valence-electron chi connectivity index (χ0n) is 10.1. The Morgan fingerprint density at radius 1 is 1.53 bits per heavy atom. The maximum Gasteiger partial charge on any atom is 0.325 e. The molecule has 0 saturated carbocycles. The second-order valence-corrected chi connectivity index (χ2v) is 4.22. The third-order valence-corrected chi connectivity index (χ3v) is 2.91. The summed E-state index contributed by atoms with van der Waals surface area (Å²) in [5, 5.41) is 5.06. The van der Waals surface area contributed by atoms with Crippen LogP contribution in [0.1, 0.15) is 26.7 Å². The van der Waals surface area contributed by atoms with Crippen LogP contribution in [-0.2, 0) is 4.79 Å². The lowest BCUT2D eigenvalue weighted by molar-refractivity contribution is -0.130. The molecule has 1 saturated heterocycles. The predicted octanol–water partition coefficient (Wildman–Crippen LogP) is -0.235. The van der Waals surface area contributed by atoms with E-state index >= 15 is 0 Å². The van der Waals surface area contributed by atoms with E-state index in [4.69, 9.17) is 5.73 Å². The van der Waals surface area contributed by atoms with Crippen LogP contribution in [0.15, 0.2) is 0 Å². The van der Waals surface area contributed by atoms with Crippen molar-refractivity contribution in [1.82, 2.24) is 15.5 Å². The second-order valence-electron chi connectivity index (χ2n) is 4.22. The average molecular weight is 242 g/mol. The van der Waals surface area contributed by atoms with Crippen LogP contribution >= 0.6 is 0 Å². The lowest BCUT2D eigenvalue weighted by Crippen LogP contribution is -2.43. The predicted molar refractivity (Wildman–Crippen MR) is 61.1 cm³/mol. The molecule has 1 aliphatic heterocycles. The molecule has 96 valence electrons. The average Bonchev–Trinajstić information content (AvgIpc) is 2.47. The molecule has 1 atom stereocenters. The van der Waals surface area contributed by atoms with Crippen LogP contribution in [-0.4, -0.2) is 41.5 Å². The van der Waals surface area contributed by atoms with Crippen molar-refractivity contribution in [2.45, 2.75) is 32.2 Å². The van der Waals surface area contributed by atoms with Crippen LogP contribution in [0, 0.1) is 0 Å². The number of carbonyl (C=O) groups is 3. The summed E-state index contributed by atoms with van der Waals surface area (Å²) in [6.07, 6.45) is 1.04. The van der Waals surface area contributed by atoms with Gasteiger partial charge in [-0.25, -0.2) is 9.59 Å². The molecule has 5 amide bonds. The molecule has 7 nitrogen and oxygen atoms in total. The Kier molecular flexibility index (Phi) is 3.93. The SMILES string of the molecule is CC[C@]1(C)NC(=O)N(CCCNC(N)=O)C1=O. The zero-order chi connectivity index (χ0) is 13.1. The van der Waals surface area contributed by atoms with E-state index in [0.717, 1.165) is 0 Å². The number of rotatable bonds is 5. The van der Waals surface area contributed by atoms with Gasteiger partial charge in [-0.15, -0.1) is 0 Å². The molecule has 0 unspecified atom stereocenters. The summed E-state index contributed by atoms with van der Waals surface area (Å²) >= 11 is 0. The fraction of sp³-hybridized carbons (Fsp3) is 0.700.